The number of oxazole rings is 1. The first-order chi connectivity index (χ1) is 11.7. The van der Waals surface area contributed by atoms with Crippen molar-refractivity contribution in [2.45, 2.75) is 45.4 Å². The van der Waals surface area contributed by atoms with Gasteiger partial charge in [0.2, 0.25) is 5.69 Å². The summed E-state index contributed by atoms with van der Waals surface area (Å²) >= 11 is 0. The van der Waals surface area contributed by atoms with E-state index in [0.717, 1.165) is 18.4 Å². The maximum Gasteiger partial charge on any atom is 0.252 e. The number of nitriles is 1. The zero-order valence-electron chi connectivity index (χ0n) is 13.8. The minimum absolute atomic E-state index is 0.190. The number of anilines is 1. The molecule has 0 fully saturated rings. The van der Waals surface area contributed by atoms with Gasteiger partial charge in [-0.25, -0.2) is 14.8 Å². The van der Waals surface area contributed by atoms with Crippen molar-refractivity contribution in [1.29, 1.82) is 5.26 Å². The maximum atomic E-state index is 12.8. The number of benzene rings is 1. The summed E-state index contributed by atoms with van der Waals surface area (Å²) in [7, 11) is 0. The van der Waals surface area contributed by atoms with E-state index in [1.807, 2.05) is 6.07 Å². The smallest absolute Gasteiger partial charge is 0.252 e. The predicted molar refractivity (Wildman–Crippen MR) is 91.3 cm³/mol. The molecule has 0 aliphatic heterocycles. The standard InChI is InChI=1S/C18H21FN4O/c1-2-3-4-5-6-7-17-22-16(12-20)18(24-17)23-21-13-14-8-10-15(19)11-9-14/h8-11,13,23H,2-7H2,1H3/b21-13+. The van der Waals surface area contributed by atoms with E-state index in [4.69, 9.17) is 9.68 Å². The molecular formula is C18H21FN4O. The van der Waals surface area contributed by atoms with Gasteiger partial charge in [0.1, 0.15) is 11.9 Å². The first-order valence-corrected chi connectivity index (χ1v) is 8.17. The van der Waals surface area contributed by atoms with E-state index < -0.39 is 0 Å². The quantitative estimate of drug-likeness (QED) is 0.413. The van der Waals surface area contributed by atoms with Crippen LogP contribution in [0.4, 0.5) is 10.3 Å². The van der Waals surface area contributed by atoms with Crippen molar-refractivity contribution >= 4 is 12.1 Å². The van der Waals surface area contributed by atoms with Crippen molar-refractivity contribution in [3.05, 3.63) is 47.2 Å². The molecule has 0 saturated carbocycles. The lowest BCUT2D eigenvalue weighted by atomic mass is 10.1. The van der Waals surface area contributed by atoms with E-state index in [-0.39, 0.29) is 17.4 Å². The molecule has 0 radical (unpaired) electrons. The molecule has 0 atom stereocenters. The summed E-state index contributed by atoms with van der Waals surface area (Å²) in [5.74, 6) is 0.479. The SMILES string of the molecule is CCCCCCCc1nc(C#N)c(N/N=C/c2ccc(F)cc2)o1. The Kier molecular flexibility index (Phi) is 6.96. The topological polar surface area (TPSA) is 74.2 Å². The average molecular weight is 328 g/mol. The van der Waals surface area contributed by atoms with Crippen molar-refractivity contribution in [3.8, 4) is 6.07 Å². The highest BCUT2D eigenvalue weighted by Crippen LogP contribution is 2.18. The lowest BCUT2D eigenvalue weighted by molar-refractivity contribution is 0.488. The number of nitrogens with zero attached hydrogens (tertiary/aromatic N) is 3. The zero-order valence-corrected chi connectivity index (χ0v) is 13.8. The summed E-state index contributed by atoms with van der Waals surface area (Å²) in [6.45, 7) is 2.18. The number of halogens is 1. The number of hydrogen-bond acceptors (Lipinski definition) is 5. The Labute approximate surface area is 141 Å². The van der Waals surface area contributed by atoms with Crippen LogP contribution in [0.3, 0.4) is 0 Å². The van der Waals surface area contributed by atoms with Crippen LogP contribution in [-0.2, 0) is 6.42 Å². The van der Waals surface area contributed by atoms with Crippen LogP contribution in [0.1, 0.15) is 56.2 Å². The molecular weight excluding hydrogens is 307 g/mol. The van der Waals surface area contributed by atoms with Crippen LogP contribution in [-0.4, -0.2) is 11.2 Å². The second-order valence-corrected chi connectivity index (χ2v) is 5.48. The molecule has 0 saturated heterocycles. The first kappa shape index (κ1) is 17.7. The average Bonchev–Trinajstić information content (AvgIpc) is 2.99. The van der Waals surface area contributed by atoms with Gasteiger partial charge in [-0.15, -0.1) is 0 Å². The summed E-state index contributed by atoms with van der Waals surface area (Å²) in [5, 5.41) is 13.1. The Morgan fingerprint density at radius 2 is 2.00 bits per heavy atom. The zero-order chi connectivity index (χ0) is 17.2. The molecule has 0 aliphatic carbocycles. The summed E-state index contributed by atoms with van der Waals surface area (Å²) < 4.78 is 18.4. The monoisotopic (exact) mass is 328 g/mol. The second-order valence-electron chi connectivity index (χ2n) is 5.48. The lowest BCUT2D eigenvalue weighted by Gasteiger charge is -1.97. The maximum absolute atomic E-state index is 12.8. The molecule has 126 valence electrons. The van der Waals surface area contributed by atoms with Gasteiger partial charge in [0, 0.05) is 6.42 Å². The number of rotatable bonds is 9. The van der Waals surface area contributed by atoms with Crippen molar-refractivity contribution < 1.29 is 8.81 Å². The largest absolute Gasteiger partial charge is 0.422 e. The summed E-state index contributed by atoms with van der Waals surface area (Å²) in [5.41, 5.74) is 3.61. The van der Waals surface area contributed by atoms with Crippen molar-refractivity contribution in [3.63, 3.8) is 0 Å². The Hall–Kier alpha value is -2.68. The normalized spacial score (nSPS) is 10.9. The fourth-order valence-corrected chi connectivity index (χ4v) is 2.22. The van der Waals surface area contributed by atoms with Gasteiger partial charge >= 0.3 is 0 Å². The number of hydrogen-bond donors (Lipinski definition) is 1. The van der Waals surface area contributed by atoms with Gasteiger partial charge in [-0.05, 0) is 24.1 Å². The van der Waals surface area contributed by atoms with E-state index in [9.17, 15) is 4.39 Å². The molecule has 1 aromatic heterocycles. The highest BCUT2D eigenvalue weighted by atomic mass is 19.1. The number of aryl methyl sites for hydroxylation is 1. The van der Waals surface area contributed by atoms with Crippen LogP contribution in [0.2, 0.25) is 0 Å². The van der Waals surface area contributed by atoms with E-state index in [0.29, 0.717) is 12.3 Å². The molecule has 0 unspecified atom stereocenters. The molecule has 5 nitrogen and oxygen atoms in total. The van der Waals surface area contributed by atoms with Crippen LogP contribution >= 0.6 is 0 Å². The summed E-state index contributed by atoms with van der Waals surface area (Å²) in [4.78, 5) is 4.17. The Bertz CT molecular complexity index is 701. The number of nitrogens with one attached hydrogen (secondary N) is 1. The highest BCUT2D eigenvalue weighted by Gasteiger charge is 2.12. The number of unbranched alkanes of at least 4 members (excludes halogenated alkanes) is 4. The molecule has 0 bridgehead atoms. The van der Waals surface area contributed by atoms with Gasteiger partial charge in [0.15, 0.2) is 5.89 Å². The third-order valence-electron chi connectivity index (χ3n) is 3.52. The summed E-state index contributed by atoms with van der Waals surface area (Å²) in [6.07, 6.45) is 8.00. The van der Waals surface area contributed by atoms with E-state index in [2.05, 4.69) is 22.4 Å². The van der Waals surface area contributed by atoms with Crippen molar-refractivity contribution in [2.75, 3.05) is 5.43 Å². The molecule has 1 aromatic carbocycles. The fraction of sp³-hybridized carbons (Fsp3) is 0.389. The van der Waals surface area contributed by atoms with Gasteiger partial charge in [0.25, 0.3) is 5.88 Å². The van der Waals surface area contributed by atoms with Crippen LogP contribution in [0, 0.1) is 17.1 Å². The molecule has 24 heavy (non-hydrogen) atoms. The van der Waals surface area contributed by atoms with Crippen molar-refractivity contribution in [1.82, 2.24) is 4.98 Å². The fourth-order valence-electron chi connectivity index (χ4n) is 2.22. The Morgan fingerprint density at radius 3 is 2.71 bits per heavy atom. The van der Waals surface area contributed by atoms with Crippen LogP contribution in [0.15, 0.2) is 33.8 Å². The molecule has 1 N–H and O–H groups in total. The minimum Gasteiger partial charge on any atom is -0.422 e. The van der Waals surface area contributed by atoms with E-state index >= 15 is 0 Å². The molecule has 6 heteroatoms. The first-order valence-electron chi connectivity index (χ1n) is 8.17. The van der Waals surface area contributed by atoms with Gasteiger partial charge in [0.05, 0.1) is 6.21 Å². The summed E-state index contributed by atoms with van der Waals surface area (Å²) in [6, 6.07) is 7.91. The minimum atomic E-state index is -0.300. The molecule has 0 amide bonds. The molecule has 0 spiro atoms. The van der Waals surface area contributed by atoms with E-state index in [1.54, 1.807) is 12.1 Å². The predicted octanol–water partition coefficient (Wildman–Crippen LogP) is 4.64. The Morgan fingerprint density at radius 1 is 1.25 bits per heavy atom. The molecule has 2 aromatic rings. The third kappa shape index (κ3) is 5.51. The number of aromatic nitrogens is 1. The second kappa shape index (κ2) is 9.46. The number of hydrazone groups is 1. The van der Waals surface area contributed by atoms with Gasteiger partial charge in [-0.2, -0.15) is 10.4 Å². The van der Waals surface area contributed by atoms with Gasteiger partial charge in [-0.1, -0.05) is 44.7 Å². The third-order valence-corrected chi connectivity index (χ3v) is 3.52. The molecule has 0 aliphatic rings. The lowest BCUT2D eigenvalue weighted by Crippen LogP contribution is -1.91. The van der Waals surface area contributed by atoms with Gasteiger partial charge in [-0.3, -0.25) is 0 Å². The van der Waals surface area contributed by atoms with Crippen LogP contribution in [0.25, 0.3) is 0 Å². The Balaban J connectivity index is 1.90. The highest BCUT2D eigenvalue weighted by molar-refractivity contribution is 5.80. The van der Waals surface area contributed by atoms with Crippen LogP contribution < -0.4 is 5.43 Å². The van der Waals surface area contributed by atoms with Crippen LogP contribution in [0.5, 0.6) is 0 Å². The van der Waals surface area contributed by atoms with Gasteiger partial charge < -0.3 is 4.42 Å². The van der Waals surface area contributed by atoms with Crippen molar-refractivity contribution in [2.24, 2.45) is 5.10 Å². The molecule has 1 heterocycles. The molecule has 2 rings (SSSR count). The van der Waals surface area contributed by atoms with E-state index in [1.165, 1.54) is 37.6 Å².